The highest BCUT2D eigenvalue weighted by atomic mass is 16.5. The fourth-order valence-electron chi connectivity index (χ4n) is 1.38. The van der Waals surface area contributed by atoms with Crippen molar-refractivity contribution >= 4 is 11.7 Å². The molecule has 1 amide bonds. The third-order valence-corrected chi connectivity index (χ3v) is 2.48. The summed E-state index contributed by atoms with van der Waals surface area (Å²) in [5, 5.41) is 14.2. The molecule has 6 heteroatoms. The Labute approximate surface area is 112 Å². The zero-order chi connectivity index (χ0) is 14.1. The van der Waals surface area contributed by atoms with Gasteiger partial charge in [0.05, 0.1) is 0 Å². The molecule has 0 saturated heterocycles. The summed E-state index contributed by atoms with van der Waals surface area (Å²) in [4.78, 5) is 11.4. The molecule has 0 bridgehead atoms. The molecule has 1 aromatic rings. The van der Waals surface area contributed by atoms with Crippen LogP contribution in [0.15, 0.2) is 29.4 Å². The van der Waals surface area contributed by atoms with Crippen LogP contribution >= 0.6 is 0 Å². The molecule has 0 fully saturated rings. The van der Waals surface area contributed by atoms with Gasteiger partial charge in [-0.25, -0.2) is 0 Å². The van der Waals surface area contributed by atoms with E-state index in [0.717, 1.165) is 12.8 Å². The number of rotatable bonds is 7. The van der Waals surface area contributed by atoms with E-state index in [2.05, 4.69) is 17.4 Å². The van der Waals surface area contributed by atoms with Gasteiger partial charge >= 0.3 is 0 Å². The van der Waals surface area contributed by atoms with Crippen molar-refractivity contribution in [3.05, 3.63) is 29.8 Å². The number of nitrogens with two attached hydrogens (primary N) is 1. The Morgan fingerprint density at radius 2 is 2.11 bits per heavy atom. The van der Waals surface area contributed by atoms with Crippen molar-refractivity contribution in [3.8, 4) is 5.75 Å². The van der Waals surface area contributed by atoms with Crippen LogP contribution in [0, 0.1) is 0 Å². The molecule has 1 aromatic carbocycles. The summed E-state index contributed by atoms with van der Waals surface area (Å²) in [6.07, 6.45) is 2.00. The molecular formula is C13H19N3O3. The molecule has 0 aromatic heterocycles. The highest BCUT2D eigenvalue weighted by Gasteiger charge is 2.03. The number of amidine groups is 1. The Hall–Kier alpha value is -2.24. The van der Waals surface area contributed by atoms with Crippen LogP contribution in [0.1, 0.15) is 25.3 Å². The first-order valence-electron chi connectivity index (χ1n) is 6.14. The lowest BCUT2D eigenvalue weighted by Gasteiger charge is -2.07. The SMILES string of the molecule is CCCCNC(=O)COc1ccc(/C(N)=N/O)cc1. The maximum atomic E-state index is 11.4. The average molecular weight is 265 g/mol. The van der Waals surface area contributed by atoms with E-state index < -0.39 is 0 Å². The molecule has 4 N–H and O–H groups in total. The minimum Gasteiger partial charge on any atom is -0.484 e. The third-order valence-electron chi connectivity index (χ3n) is 2.48. The van der Waals surface area contributed by atoms with E-state index in [0.29, 0.717) is 17.9 Å². The van der Waals surface area contributed by atoms with E-state index in [-0.39, 0.29) is 18.3 Å². The van der Waals surface area contributed by atoms with Crippen LogP contribution in [0.4, 0.5) is 0 Å². The number of hydrogen-bond donors (Lipinski definition) is 3. The first-order valence-corrected chi connectivity index (χ1v) is 6.14. The second-order valence-electron chi connectivity index (χ2n) is 4.00. The summed E-state index contributed by atoms with van der Waals surface area (Å²) in [6.45, 7) is 2.71. The van der Waals surface area contributed by atoms with Gasteiger partial charge < -0.3 is 21.0 Å². The van der Waals surface area contributed by atoms with Crippen molar-refractivity contribution in [1.82, 2.24) is 5.32 Å². The summed E-state index contributed by atoms with van der Waals surface area (Å²) < 4.78 is 5.31. The summed E-state index contributed by atoms with van der Waals surface area (Å²) in [7, 11) is 0. The highest BCUT2D eigenvalue weighted by molar-refractivity contribution is 5.97. The Bertz CT molecular complexity index is 429. The van der Waals surface area contributed by atoms with Gasteiger partial charge in [0.2, 0.25) is 0 Å². The van der Waals surface area contributed by atoms with Crippen LogP contribution in [0.3, 0.4) is 0 Å². The standard InChI is InChI=1S/C13H19N3O3/c1-2-3-8-15-12(17)9-19-11-6-4-10(5-7-11)13(14)16-18/h4-7,18H,2-3,8-9H2,1H3,(H2,14,16)(H,15,17). The Morgan fingerprint density at radius 1 is 1.42 bits per heavy atom. The fourth-order valence-corrected chi connectivity index (χ4v) is 1.38. The molecule has 19 heavy (non-hydrogen) atoms. The Kier molecular flexibility index (Phi) is 6.21. The van der Waals surface area contributed by atoms with Gasteiger partial charge in [0, 0.05) is 12.1 Å². The zero-order valence-corrected chi connectivity index (χ0v) is 10.9. The molecule has 0 radical (unpaired) electrons. The van der Waals surface area contributed by atoms with Crippen molar-refractivity contribution in [3.63, 3.8) is 0 Å². The highest BCUT2D eigenvalue weighted by Crippen LogP contribution is 2.11. The van der Waals surface area contributed by atoms with Crippen molar-refractivity contribution in [1.29, 1.82) is 0 Å². The maximum absolute atomic E-state index is 11.4. The molecule has 0 atom stereocenters. The maximum Gasteiger partial charge on any atom is 0.257 e. The number of unbranched alkanes of at least 4 members (excludes halogenated alkanes) is 1. The number of oxime groups is 1. The topological polar surface area (TPSA) is 96.9 Å². The minimum atomic E-state index is -0.144. The molecule has 104 valence electrons. The second kappa shape index (κ2) is 7.97. The number of benzene rings is 1. The van der Waals surface area contributed by atoms with Crippen LogP contribution in [-0.2, 0) is 4.79 Å². The minimum absolute atomic E-state index is 0.0212. The first kappa shape index (κ1) is 14.8. The Morgan fingerprint density at radius 3 is 2.68 bits per heavy atom. The molecule has 0 aliphatic heterocycles. The summed E-state index contributed by atoms with van der Waals surface area (Å²) in [5.74, 6) is 0.443. The summed E-state index contributed by atoms with van der Waals surface area (Å²) >= 11 is 0. The van der Waals surface area contributed by atoms with E-state index in [1.165, 1.54) is 0 Å². The number of nitrogens with zero attached hydrogens (tertiary/aromatic N) is 1. The molecule has 0 heterocycles. The molecule has 1 rings (SSSR count). The number of carbonyl (C=O) groups is 1. The van der Waals surface area contributed by atoms with Crippen LogP contribution in [0.25, 0.3) is 0 Å². The molecule has 6 nitrogen and oxygen atoms in total. The molecule has 0 aliphatic carbocycles. The zero-order valence-electron chi connectivity index (χ0n) is 10.9. The van der Waals surface area contributed by atoms with E-state index in [1.807, 2.05) is 0 Å². The van der Waals surface area contributed by atoms with Crippen LogP contribution in [-0.4, -0.2) is 30.1 Å². The van der Waals surface area contributed by atoms with Gasteiger partial charge in [-0.3, -0.25) is 4.79 Å². The number of amides is 1. The van der Waals surface area contributed by atoms with Gasteiger partial charge in [-0.2, -0.15) is 0 Å². The van der Waals surface area contributed by atoms with Crippen molar-refractivity contribution < 1.29 is 14.7 Å². The predicted octanol–water partition coefficient (Wildman–Crippen LogP) is 1.08. The van der Waals surface area contributed by atoms with Crippen molar-refractivity contribution in [2.45, 2.75) is 19.8 Å². The van der Waals surface area contributed by atoms with E-state index >= 15 is 0 Å². The largest absolute Gasteiger partial charge is 0.484 e. The Balaban J connectivity index is 2.39. The number of nitrogens with one attached hydrogen (secondary N) is 1. The molecular weight excluding hydrogens is 246 g/mol. The van der Waals surface area contributed by atoms with Gasteiger partial charge in [-0.1, -0.05) is 18.5 Å². The number of carbonyl (C=O) groups excluding carboxylic acids is 1. The van der Waals surface area contributed by atoms with Crippen LogP contribution in [0.5, 0.6) is 5.75 Å². The normalized spacial score (nSPS) is 11.1. The van der Waals surface area contributed by atoms with Gasteiger partial charge in [-0.05, 0) is 30.7 Å². The third kappa shape index (κ3) is 5.29. The number of hydrogen-bond acceptors (Lipinski definition) is 4. The number of ether oxygens (including phenoxy) is 1. The van der Waals surface area contributed by atoms with E-state index in [4.69, 9.17) is 15.7 Å². The summed E-state index contributed by atoms with van der Waals surface area (Å²) in [5.41, 5.74) is 6.02. The lowest BCUT2D eigenvalue weighted by atomic mass is 10.2. The van der Waals surface area contributed by atoms with E-state index in [1.54, 1.807) is 24.3 Å². The van der Waals surface area contributed by atoms with E-state index in [9.17, 15) is 4.79 Å². The molecule has 0 saturated carbocycles. The lowest BCUT2D eigenvalue weighted by molar-refractivity contribution is -0.123. The van der Waals surface area contributed by atoms with Gasteiger partial charge in [0.25, 0.3) is 5.91 Å². The van der Waals surface area contributed by atoms with Gasteiger partial charge in [0.15, 0.2) is 12.4 Å². The lowest BCUT2D eigenvalue weighted by Crippen LogP contribution is -2.29. The smallest absolute Gasteiger partial charge is 0.257 e. The van der Waals surface area contributed by atoms with Crippen molar-refractivity contribution in [2.24, 2.45) is 10.9 Å². The van der Waals surface area contributed by atoms with Gasteiger partial charge in [-0.15, -0.1) is 0 Å². The molecule has 0 aliphatic rings. The van der Waals surface area contributed by atoms with Crippen LogP contribution in [0.2, 0.25) is 0 Å². The fraction of sp³-hybridized carbons (Fsp3) is 0.385. The first-order chi connectivity index (χ1) is 9.17. The predicted molar refractivity (Wildman–Crippen MR) is 72.4 cm³/mol. The molecule has 0 spiro atoms. The van der Waals surface area contributed by atoms with Gasteiger partial charge in [0.1, 0.15) is 5.75 Å². The molecule has 0 unspecified atom stereocenters. The second-order valence-corrected chi connectivity index (χ2v) is 4.00. The monoisotopic (exact) mass is 265 g/mol. The van der Waals surface area contributed by atoms with Crippen LogP contribution < -0.4 is 15.8 Å². The quantitative estimate of drug-likeness (QED) is 0.226. The average Bonchev–Trinajstić information content (AvgIpc) is 2.45. The van der Waals surface area contributed by atoms with Crippen molar-refractivity contribution in [2.75, 3.05) is 13.2 Å². The summed E-state index contributed by atoms with van der Waals surface area (Å²) in [6, 6.07) is 6.62.